The minimum Gasteiger partial charge on any atom is -0.461 e. The van der Waals surface area contributed by atoms with Gasteiger partial charge in [-0.15, -0.1) is 0 Å². The van der Waals surface area contributed by atoms with Crippen molar-refractivity contribution in [2.75, 3.05) is 27.2 Å². The number of cyclic esters (lactones) is 1. The summed E-state index contributed by atoms with van der Waals surface area (Å²) in [4.78, 5) is 55.2. The average molecular weight is 752 g/mol. The first-order valence-electron chi connectivity index (χ1n) is 19.0. The van der Waals surface area contributed by atoms with Crippen LogP contribution in [0.25, 0.3) is 17.3 Å². The first-order chi connectivity index (χ1) is 25.6. The lowest BCUT2D eigenvalue weighted by Gasteiger charge is -2.40. The van der Waals surface area contributed by atoms with E-state index >= 15 is 0 Å². The Balaban J connectivity index is 1.33. The van der Waals surface area contributed by atoms with Crippen molar-refractivity contribution in [3.05, 3.63) is 48.2 Å². The van der Waals surface area contributed by atoms with Crippen molar-refractivity contribution in [3.8, 4) is 11.3 Å². The number of ketones is 1. The molecule has 0 aliphatic carbocycles. The molecule has 54 heavy (non-hydrogen) atoms. The molecule has 14 nitrogen and oxygen atoms in total. The number of amides is 2. The smallest absolute Gasteiger partial charge is 0.408 e. The highest BCUT2D eigenvalue weighted by Gasteiger charge is 2.51. The molecule has 0 saturated carbocycles. The van der Waals surface area contributed by atoms with Gasteiger partial charge in [0, 0.05) is 49.7 Å². The second-order valence-corrected chi connectivity index (χ2v) is 15.6. The molecule has 2 unspecified atom stereocenters. The van der Waals surface area contributed by atoms with Gasteiger partial charge >= 0.3 is 18.2 Å². The van der Waals surface area contributed by atoms with E-state index in [1.165, 1.54) is 0 Å². The maximum atomic E-state index is 14.0. The Labute approximate surface area is 318 Å². The number of aromatic nitrogens is 2. The van der Waals surface area contributed by atoms with E-state index in [1.54, 1.807) is 32.4 Å². The summed E-state index contributed by atoms with van der Waals surface area (Å²) >= 11 is 0. The molecule has 3 fully saturated rings. The van der Waals surface area contributed by atoms with Gasteiger partial charge in [-0.25, -0.2) is 9.59 Å². The molecule has 3 aliphatic rings. The van der Waals surface area contributed by atoms with Gasteiger partial charge in [0.15, 0.2) is 11.9 Å². The van der Waals surface area contributed by atoms with Gasteiger partial charge in [0.1, 0.15) is 18.5 Å². The molecule has 4 heterocycles. The van der Waals surface area contributed by atoms with Gasteiger partial charge in [0.05, 0.1) is 29.9 Å². The maximum Gasteiger partial charge on any atom is 0.408 e. The fraction of sp³-hybridized carbons (Fsp3) is 0.625. The number of aryl methyl sites for hydroxylation is 1. The highest BCUT2D eigenvalue weighted by atomic mass is 16.7. The molecule has 1 aromatic heterocycles. The Morgan fingerprint density at radius 1 is 1.04 bits per heavy atom. The number of nitrogens with one attached hydrogen (secondary N) is 2. The fourth-order valence-corrected chi connectivity index (χ4v) is 7.57. The summed E-state index contributed by atoms with van der Waals surface area (Å²) in [6.45, 7) is 8.94. The average Bonchev–Trinajstić information content (AvgIpc) is 3.70. The molecule has 2 amide bonds. The summed E-state index contributed by atoms with van der Waals surface area (Å²) in [5.74, 6) is -2.46. The number of alkyl carbamates (subject to hydrolysis) is 2. The van der Waals surface area contributed by atoms with Gasteiger partial charge in [-0.05, 0) is 65.3 Å². The number of carbonyl (C=O) groups is 4. The van der Waals surface area contributed by atoms with Gasteiger partial charge in [0.2, 0.25) is 0 Å². The Hall–Kier alpha value is -4.27. The molecule has 14 heteroatoms. The van der Waals surface area contributed by atoms with Crippen LogP contribution in [-0.4, -0.2) is 108 Å². The van der Waals surface area contributed by atoms with Crippen molar-refractivity contribution in [2.45, 2.75) is 109 Å². The summed E-state index contributed by atoms with van der Waals surface area (Å²) in [5.41, 5.74) is 1.61. The predicted octanol–water partition coefficient (Wildman–Crippen LogP) is 5.11. The zero-order valence-corrected chi connectivity index (χ0v) is 32.8. The lowest BCUT2D eigenvalue weighted by molar-refractivity contribution is -0.237. The summed E-state index contributed by atoms with van der Waals surface area (Å²) in [6, 6.07) is 9.37. The lowest BCUT2D eigenvalue weighted by atomic mass is 9.80. The summed E-state index contributed by atoms with van der Waals surface area (Å²) in [6.07, 6.45) is 4.32. The van der Waals surface area contributed by atoms with Crippen LogP contribution >= 0.6 is 0 Å². The predicted molar refractivity (Wildman–Crippen MR) is 201 cm³/mol. The van der Waals surface area contributed by atoms with Gasteiger partial charge in [-0.3, -0.25) is 14.3 Å². The van der Waals surface area contributed by atoms with Crippen molar-refractivity contribution in [1.29, 1.82) is 0 Å². The van der Waals surface area contributed by atoms with Crippen molar-refractivity contribution in [3.63, 3.8) is 0 Å². The number of Topliss-reactive ketones (excluding diaryl/α,β-unsaturated/α-hetero) is 1. The van der Waals surface area contributed by atoms with E-state index in [0.29, 0.717) is 19.3 Å². The SMILES string of the molecule is C[C@@H]1C[C@H](N(C)C)CC(OC2CC[C@@H](C)C(=O)OC[C@@]3(C)OC(=O)N[C@@H]3[C@@H](C)C(=O)[C@H](C)C[C@H]2OC(=O)NC/C=C/c2ccc(-c3ccn(C)n3)cc2)O1. The number of nitrogens with zero attached hydrogens (tertiary/aromatic N) is 3. The molecule has 0 bridgehead atoms. The van der Waals surface area contributed by atoms with E-state index in [9.17, 15) is 19.2 Å². The number of esters is 1. The number of rotatable bonds is 8. The lowest BCUT2D eigenvalue weighted by Crippen LogP contribution is -2.52. The summed E-state index contributed by atoms with van der Waals surface area (Å²) in [5, 5.41) is 10.0. The van der Waals surface area contributed by atoms with Crippen molar-refractivity contribution < 1.29 is 42.9 Å². The van der Waals surface area contributed by atoms with Gasteiger partial charge in [0.25, 0.3) is 0 Å². The van der Waals surface area contributed by atoms with Crippen molar-refractivity contribution >= 4 is 30.0 Å². The highest BCUT2D eigenvalue weighted by Crippen LogP contribution is 2.34. The summed E-state index contributed by atoms with van der Waals surface area (Å²) in [7, 11) is 5.92. The third kappa shape index (κ3) is 10.5. The normalized spacial score (nSPS) is 32.7. The molecule has 10 atom stereocenters. The zero-order chi connectivity index (χ0) is 39.2. The Bertz CT molecular complexity index is 1640. The highest BCUT2D eigenvalue weighted by molar-refractivity contribution is 5.85. The van der Waals surface area contributed by atoms with Crippen LogP contribution in [0.1, 0.15) is 72.3 Å². The molecule has 5 rings (SSSR count). The molecule has 3 aliphatic heterocycles. The Morgan fingerprint density at radius 3 is 2.46 bits per heavy atom. The summed E-state index contributed by atoms with van der Waals surface area (Å²) < 4.78 is 32.0. The topological polar surface area (TPSA) is 160 Å². The van der Waals surface area contributed by atoms with Crippen LogP contribution in [0.15, 0.2) is 42.6 Å². The largest absolute Gasteiger partial charge is 0.461 e. The number of carbonyl (C=O) groups excluding carboxylic acids is 4. The van der Waals surface area contributed by atoms with Crippen LogP contribution < -0.4 is 10.6 Å². The van der Waals surface area contributed by atoms with E-state index in [4.69, 9.17) is 23.7 Å². The number of ether oxygens (including phenoxy) is 5. The molecule has 2 N–H and O–H groups in total. The van der Waals surface area contributed by atoms with Gasteiger partial charge in [-0.2, -0.15) is 5.10 Å². The van der Waals surface area contributed by atoms with Crippen LogP contribution in [-0.2, 0) is 40.3 Å². The van der Waals surface area contributed by atoms with Crippen LogP contribution in [0.4, 0.5) is 9.59 Å². The van der Waals surface area contributed by atoms with Gasteiger partial charge < -0.3 is 39.2 Å². The molecule has 2 aromatic rings. The third-order valence-electron chi connectivity index (χ3n) is 10.8. The molecule has 296 valence electrons. The molecule has 0 radical (unpaired) electrons. The molecule has 3 saturated heterocycles. The second kappa shape index (κ2) is 17.9. The quantitative estimate of drug-likeness (QED) is 0.273. The zero-order valence-electron chi connectivity index (χ0n) is 32.8. The van der Waals surface area contributed by atoms with E-state index in [0.717, 1.165) is 23.2 Å². The first-order valence-corrected chi connectivity index (χ1v) is 19.0. The van der Waals surface area contributed by atoms with Crippen molar-refractivity contribution in [2.24, 2.45) is 24.8 Å². The standard InChI is InChI=1S/C40H57N5O9/c1-24-11-16-32(52-34-22-30(44(6)7)21-26(3)51-34)33(20-25(2)35(46)27(4)36-40(5,23-50-37(24)47)54-39(49)42-36)53-38(48)41-18-9-10-28-12-14-29(15-13-28)31-17-19-45(8)43-31/h9-10,12-15,17,19,24-27,30,32-34,36H,11,16,18,20-23H2,1-8H3,(H,41,48)(H,42,49)/b10-9+/t24-,25-,26-,27+,30+,32?,33-,34?,36-,40-/m1/s1. The minimum absolute atomic E-state index is 0.0660. The Kier molecular flexibility index (Phi) is 13.6. The van der Waals surface area contributed by atoms with Crippen LogP contribution in [0.2, 0.25) is 0 Å². The monoisotopic (exact) mass is 751 g/mol. The van der Waals surface area contributed by atoms with Crippen LogP contribution in [0.3, 0.4) is 0 Å². The molecule has 0 spiro atoms. The van der Waals surface area contributed by atoms with Crippen molar-refractivity contribution in [1.82, 2.24) is 25.3 Å². The number of hydrogen-bond donors (Lipinski definition) is 2. The minimum atomic E-state index is -1.24. The molecular formula is C40H57N5O9. The van der Waals surface area contributed by atoms with E-state index in [1.807, 2.05) is 76.7 Å². The number of hydrogen-bond acceptors (Lipinski definition) is 11. The number of benzene rings is 1. The molecular weight excluding hydrogens is 694 g/mol. The fourth-order valence-electron chi connectivity index (χ4n) is 7.57. The third-order valence-corrected chi connectivity index (χ3v) is 10.8. The second-order valence-electron chi connectivity index (χ2n) is 15.6. The Morgan fingerprint density at radius 2 is 1.78 bits per heavy atom. The maximum absolute atomic E-state index is 14.0. The van der Waals surface area contributed by atoms with E-state index in [-0.39, 0.29) is 37.5 Å². The van der Waals surface area contributed by atoms with Crippen LogP contribution in [0.5, 0.6) is 0 Å². The number of fused-ring (bicyclic) bond motifs is 1. The van der Waals surface area contributed by atoms with Crippen LogP contribution in [0, 0.1) is 17.8 Å². The first kappa shape index (κ1) is 40.9. The van der Waals surface area contributed by atoms with E-state index in [2.05, 4.69) is 20.6 Å². The molecule has 1 aromatic carbocycles. The van der Waals surface area contributed by atoms with E-state index < -0.39 is 66.1 Å². The van der Waals surface area contributed by atoms with Gasteiger partial charge in [-0.1, -0.05) is 57.2 Å².